The number of hydrogen-bond acceptors (Lipinski definition) is 4. The SMILES string of the molecule is COc1ccc2c3c([nH]c2c1)[C@H]1C[C@H]2C(OC(C)=O)=CO[C@H](C)[C@@H]2C[NH+]1CC3. The van der Waals surface area contributed by atoms with Gasteiger partial charge >= 0.3 is 5.97 Å². The van der Waals surface area contributed by atoms with Gasteiger partial charge in [-0.05, 0) is 24.6 Å². The number of ether oxygens (including phenoxy) is 3. The van der Waals surface area contributed by atoms with Gasteiger partial charge in [0.25, 0.3) is 0 Å². The quantitative estimate of drug-likeness (QED) is 0.780. The van der Waals surface area contributed by atoms with E-state index in [4.69, 9.17) is 14.2 Å². The number of fused-ring (bicyclic) bond motifs is 6. The van der Waals surface area contributed by atoms with E-state index in [1.54, 1.807) is 18.3 Å². The summed E-state index contributed by atoms with van der Waals surface area (Å²) in [7, 11) is 1.70. The zero-order valence-electron chi connectivity index (χ0n) is 16.6. The molecule has 4 heterocycles. The minimum Gasteiger partial charge on any atom is -0.497 e. The largest absolute Gasteiger partial charge is 0.497 e. The summed E-state index contributed by atoms with van der Waals surface area (Å²) >= 11 is 0. The molecule has 148 valence electrons. The minimum absolute atomic E-state index is 0.145. The van der Waals surface area contributed by atoms with E-state index in [2.05, 4.69) is 24.0 Å². The average Bonchev–Trinajstić information content (AvgIpc) is 3.07. The van der Waals surface area contributed by atoms with Crippen LogP contribution >= 0.6 is 0 Å². The second-order valence-corrected chi connectivity index (χ2v) is 8.30. The molecule has 3 aliphatic rings. The van der Waals surface area contributed by atoms with Gasteiger partial charge in [0.2, 0.25) is 0 Å². The summed E-state index contributed by atoms with van der Waals surface area (Å²) < 4.78 is 16.7. The maximum atomic E-state index is 11.6. The number of benzene rings is 1. The van der Waals surface area contributed by atoms with Crippen LogP contribution in [-0.4, -0.2) is 37.3 Å². The van der Waals surface area contributed by atoms with Crippen LogP contribution in [0.5, 0.6) is 5.75 Å². The molecule has 1 saturated heterocycles. The van der Waals surface area contributed by atoms with Crippen molar-refractivity contribution < 1.29 is 23.9 Å². The third-order valence-corrected chi connectivity index (χ3v) is 6.82. The van der Waals surface area contributed by atoms with Crippen molar-refractivity contribution in [3.63, 3.8) is 0 Å². The number of allylic oxidation sites excluding steroid dienone is 1. The third-order valence-electron chi connectivity index (χ3n) is 6.82. The maximum absolute atomic E-state index is 11.6. The van der Waals surface area contributed by atoms with Crippen LogP contribution in [-0.2, 0) is 20.7 Å². The molecule has 0 bridgehead atoms. The van der Waals surface area contributed by atoms with Gasteiger partial charge in [-0.15, -0.1) is 0 Å². The van der Waals surface area contributed by atoms with Gasteiger partial charge in [-0.1, -0.05) is 0 Å². The summed E-state index contributed by atoms with van der Waals surface area (Å²) in [4.78, 5) is 16.9. The molecule has 3 aliphatic heterocycles. The molecule has 1 aromatic heterocycles. The van der Waals surface area contributed by atoms with E-state index in [0.717, 1.165) is 37.2 Å². The van der Waals surface area contributed by atoms with Gasteiger partial charge in [0.15, 0.2) is 0 Å². The second-order valence-electron chi connectivity index (χ2n) is 8.30. The number of H-pyrrole nitrogens is 1. The molecule has 0 radical (unpaired) electrons. The van der Waals surface area contributed by atoms with Crippen molar-refractivity contribution >= 4 is 16.9 Å². The van der Waals surface area contributed by atoms with Gasteiger partial charge in [-0.3, -0.25) is 4.79 Å². The highest BCUT2D eigenvalue weighted by atomic mass is 16.6. The Morgan fingerprint density at radius 1 is 1.36 bits per heavy atom. The number of nitrogens with one attached hydrogen (secondary N) is 2. The predicted molar refractivity (Wildman–Crippen MR) is 104 cm³/mol. The lowest BCUT2D eigenvalue weighted by Crippen LogP contribution is -3.15. The number of esters is 1. The van der Waals surface area contributed by atoms with Crippen LogP contribution in [0.1, 0.15) is 37.6 Å². The van der Waals surface area contributed by atoms with Gasteiger partial charge in [-0.25, -0.2) is 0 Å². The average molecular weight is 383 g/mol. The van der Waals surface area contributed by atoms with Crippen molar-refractivity contribution in [2.24, 2.45) is 11.8 Å². The number of methoxy groups -OCH3 is 1. The van der Waals surface area contributed by atoms with E-state index in [1.807, 2.05) is 6.07 Å². The molecule has 0 aliphatic carbocycles. The molecule has 6 nitrogen and oxygen atoms in total. The Hall–Kier alpha value is -2.47. The first-order valence-electron chi connectivity index (χ1n) is 10.1. The zero-order valence-corrected chi connectivity index (χ0v) is 16.6. The molecule has 6 heteroatoms. The monoisotopic (exact) mass is 383 g/mol. The Morgan fingerprint density at radius 3 is 3.00 bits per heavy atom. The van der Waals surface area contributed by atoms with Crippen LogP contribution in [0.15, 0.2) is 30.2 Å². The van der Waals surface area contributed by atoms with E-state index in [1.165, 1.54) is 23.6 Å². The number of carbonyl (C=O) groups excluding carboxylic acids is 1. The van der Waals surface area contributed by atoms with E-state index >= 15 is 0 Å². The second kappa shape index (κ2) is 6.55. The first-order valence-corrected chi connectivity index (χ1v) is 10.1. The molecule has 1 fully saturated rings. The van der Waals surface area contributed by atoms with Crippen molar-refractivity contribution in [1.29, 1.82) is 0 Å². The first-order chi connectivity index (χ1) is 13.5. The normalized spacial score (nSPS) is 31.1. The topological polar surface area (TPSA) is 65.0 Å². The Kier molecular flexibility index (Phi) is 4.12. The fraction of sp³-hybridized carbons (Fsp3) is 0.500. The van der Waals surface area contributed by atoms with Crippen LogP contribution in [0.4, 0.5) is 0 Å². The third kappa shape index (κ3) is 2.70. The Balaban J connectivity index is 1.52. The maximum Gasteiger partial charge on any atom is 0.307 e. The molecule has 0 spiro atoms. The zero-order chi connectivity index (χ0) is 19.4. The van der Waals surface area contributed by atoms with Crippen molar-refractivity contribution in [2.75, 3.05) is 20.2 Å². The Labute approximate surface area is 164 Å². The standard InChI is InChI=1S/C22H26N2O4/c1-12-18-10-24-7-6-16-15-5-4-14(26-3)8-19(15)23-22(16)20(24)9-17(18)21(11-27-12)28-13(2)25/h4-5,8,11-12,17-18,20,23H,6-7,9-10H2,1-3H3/p+1/t12-,17-,18+,20-/m1/s1. The van der Waals surface area contributed by atoms with Gasteiger partial charge in [0, 0.05) is 42.7 Å². The number of quaternary nitrogens is 1. The summed E-state index contributed by atoms with van der Waals surface area (Å²) in [5, 5.41) is 1.30. The first kappa shape index (κ1) is 17.6. The van der Waals surface area contributed by atoms with Crippen molar-refractivity contribution in [3.05, 3.63) is 41.5 Å². The number of hydrogen-bond donors (Lipinski definition) is 2. The number of aromatic nitrogens is 1. The lowest BCUT2D eigenvalue weighted by molar-refractivity contribution is -0.945. The molecule has 5 rings (SSSR count). The summed E-state index contributed by atoms with van der Waals surface area (Å²) in [6, 6.07) is 6.67. The predicted octanol–water partition coefficient (Wildman–Crippen LogP) is 2.12. The van der Waals surface area contributed by atoms with Gasteiger partial charge in [-0.2, -0.15) is 0 Å². The molecular weight excluding hydrogens is 356 g/mol. The summed E-state index contributed by atoms with van der Waals surface area (Å²) in [6.07, 6.45) is 3.85. The fourth-order valence-electron chi connectivity index (χ4n) is 5.46. The van der Waals surface area contributed by atoms with Gasteiger partial charge < -0.3 is 24.1 Å². The van der Waals surface area contributed by atoms with Crippen LogP contribution in [0.3, 0.4) is 0 Å². The number of rotatable bonds is 2. The summed E-state index contributed by atoms with van der Waals surface area (Å²) in [5.74, 6) is 1.88. The molecule has 2 aromatic rings. The van der Waals surface area contributed by atoms with E-state index in [-0.39, 0.29) is 18.0 Å². The Morgan fingerprint density at radius 2 is 2.21 bits per heavy atom. The Bertz CT molecular complexity index is 963. The molecule has 0 amide bonds. The number of aromatic amines is 1. The van der Waals surface area contributed by atoms with E-state index < -0.39 is 0 Å². The van der Waals surface area contributed by atoms with Gasteiger partial charge in [0.1, 0.15) is 29.9 Å². The van der Waals surface area contributed by atoms with Crippen molar-refractivity contribution in [3.8, 4) is 5.75 Å². The summed E-state index contributed by atoms with van der Waals surface area (Å²) in [5.41, 5.74) is 3.91. The molecule has 5 atom stereocenters. The minimum atomic E-state index is -0.278. The highest BCUT2D eigenvalue weighted by molar-refractivity contribution is 5.86. The number of piperidine rings is 1. The van der Waals surface area contributed by atoms with E-state index in [9.17, 15) is 4.79 Å². The lowest BCUT2D eigenvalue weighted by atomic mass is 9.74. The van der Waals surface area contributed by atoms with Crippen LogP contribution in [0.25, 0.3) is 10.9 Å². The molecule has 0 saturated carbocycles. The molecule has 2 N–H and O–H groups in total. The fourth-order valence-corrected chi connectivity index (χ4v) is 5.46. The lowest BCUT2D eigenvalue weighted by Gasteiger charge is -2.46. The van der Waals surface area contributed by atoms with Gasteiger partial charge in [0.05, 0.1) is 31.8 Å². The van der Waals surface area contributed by atoms with Crippen LogP contribution in [0, 0.1) is 11.8 Å². The van der Waals surface area contributed by atoms with Crippen LogP contribution < -0.4 is 9.64 Å². The molecule has 28 heavy (non-hydrogen) atoms. The van der Waals surface area contributed by atoms with Crippen molar-refractivity contribution in [2.45, 2.75) is 38.8 Å². The van der Waals surface area contributed by atoms with E-state index in [0.29, 0.717) is 17.7 Å². The highest BCUT2D eigenvalue weighted by Crippen LogP contribution is 2.41. The molecule has 1 unspecified atom stereocenters. The smallest absolute Gasteiger partial charge is 0.307 e. The highest BCUT2D eigenvalue weighted by Gasteiger charge is 2.49. The van der Waals surface area contributed by atoms with Crippen molar-refractivity contribution in [1.82, 2.24) is 4.98 Å². The number of carbonyl (C=O) groups is 1. The van der Waals surface area contributed by atoms with Crippen LogP contribution in [0.2, 0.25) is 0 Å². The molecule has 1 aromatic carbocycles. The summed E-state index contributed by atoms with van der Waals surface area (Å²) in [6.45, 7) is 5.74. The molecular formula is C22H27N2O4+.